The summed E-state index contributed by atoms with van der Waals surface area (Å²) in [7, 11) is 0. The molecule has 1 aromatic heterocycles. The van der Waals surface area contributed by atoms with Crippen molar-refractivity contribution in [2.24, 2.45) is 4.99 Å². The Bertz CT molecular complexity index is 1570. The summed E-state index contributed by atoms with van der Waals surface area (Å²) in [6.07, 6.45) is 6.01. The lowest BCUT2D eigenvalue weighted by molar-refractivity contribution is -0.117. The van der Waals surface area contributed by atoms with Crippen LogP contribution in [0.15, 0.2) is 90.2 Å². The molecule has 7 heteroatoms. The highest BCUT2D eigenvalue weighted by molar-refractivity contribution is 6.31. The van der Waals surface area contributed by atoms with Gasteiger partial charge >= 0.3 is 0 Å². The molecule has 6 nitrogen and oxygen atoms in total. The van der Waals surface area contributed by atoms with Gasteiger partial charge in [0.25, 0.3) is 0 Å². The minimum atomic E-state index is -0.614. The largest absolute Gasteiger partial charge is 0.326 e. The van der Waals surface area contributed by atoms with E-state index >= 15 is 0 Å². The molecule has 5 rings (SSSR count). The number of rotatable bonds is 8. The first-order valence-corrected chi connectivity index (χ1v) is 13.9. The predicted molar refractivity (Wildman–Crippen MR) is 161 cm³/mol. The van der Waals surface area contributed by atoms with Crippen molar-refractivity contribution in [3.63, 3.8) is 0 Å². The fraction of sp³-hybridized carbons (Fsp3) is 0.212. The molecule has 2 amide bonds. The molecule has 1 atom stereocenters. The number of aromatic nitrogens is 1. The van der Waals surface area contributed by atoms with Crippen molar-refractivity contribution < 1.29 is 9.59 Å². The molecule has 1 aliphatic rings. The Morgan fingerprint density at radius 2 is 1.75 bits per heavy atom. The van der Waals surface area contributed by atoms with Crippen LogP contribution in [0, 0.1) is 0 Å². The summed E-state index contributed by atoms with van der Waals surface area (Å²) in [6, 6.07) is 22.5. The van der Waals surface area contributed by atoms with Crippen LogP contribution in [0.4, 0.5) is 11.4 Å². The van der Waals surface area contributed by atoms with Crippen LogP contribution in [0.3, 0.4) is 0 Å². The number of hydrogen-bond acceptors (Lipinski definition) is 4. The number of nitrogens with one attached hydrogen (secondary N) is 2. The lowest BCUT2D eigenvalue weighted by Crippen LogP contribution is -2.27. The van der Waals surface area contributed by atoms with Gasteiger partial charge < -0.3 is 10.6 Å². The van der Waals surface area contributed by atoms with Gasteiger partial charge in [-0.15, -0.1) is 0 Å². The molecular formula is C33H31ClN4O2. The third kappa shape index (κ3) is 6.29. The second-order valence-corrected chi connectivity index (χ2v) is 10.3. The van der Waals surface area contributed by atoms with Crippen LogP contribution in [0.1, 0.15) is 47.2 Å². The number of aryl methyl sites for hydroxylation is 2. The third-order valence-electron chi connectivity index (χ3n) is 7.07. The number of benzene rings is 3. The van der Waals surface area contributed by atoms with E-state index in [9.17, 15) is 9.59 Å². The maximum Gasteiger partial charge on any atom is 0.249 e. The van der Waals surface area contributed by atoms with Gasteiger partial charge in [-0.1, -0.05) is 61.8 Å². The van der Waals surface area contributed by atoms with Crippen LogP contribution in [0.2, 0.25) is 5.02 Å². The van der Waals surface area contributed by atoms with E-state index in [2.05, 4.69) is 47.7 Å². The SMILES string of the molecule is CCc1ccc(CC2N=C(c3ccc(NC(=O)Cc4cccnc4)cc3)c3ccc(Cl)cc3NC2=O)cc1CC. The first kappa shape index (κ1) is 27.3. The van der Waals surface area contributed by atoms with E-state index in [1.165, 1.54) is 11.1 Å². The van der Waals surface area contributed by atoms with E-state index in [1.54, 1.807) is 24.5 Å². The number of pyridine rings is 1. The van der Waals surface area contributed by atoms with Crippen LogP contribution in [-0.4, -0.2) is 28.6 Å². The van der Waals surface area contributed by atoms with Crippen LogP contribution in [-0.2, 0) is 35.3 Å². The summed E-state index contributed by atoms with van der Waals surface area (Å²) in [5.74, 6) is -0.293. The molecule has 2 N–H and O–H groups in total. The summed E-state index contributed by atoms with van der Waals surface area (Å²) < 4.78 is 0. The molecule has 0 radical (unpaired) electrons. The van der Waals surface area contributed by atoms with Crippen LogP contribution >= 0.6 is 11.6 Å². The first-order valence-electron chi connectivity index (χ1n) is 13.5. The van der Waals surface area contributed by atoms with Gasteiger partial charge in [0, 0.05) is 40.7 Å². The number of carbonyl (C=O) groups excluding carboxylic acids is 2. The minimum Gasteiger partial charge on any atom is -0.326 e. The molecule has 0 aliphatic carbocycles. The van der Waals surface area contributed by atoms with Crippen molar-refractivity contribution in [2.75, 3.05) is 10.6 Å². The normalized spacial score (nSPS) is 14.5. The van der Waals surface area contributed by atoms with Gasteiger partial charge in [0.15, 0.2) is 0 Å². The molecule has 1 unspecified atom stereocenters. The second kappa shape index (κ2) is 12.3. The molecule has 0 saturated heterocycles. The second-order valence-electron chi connectivity index (χ2n) is 9.85. The molecule has 0 bridgehead atoms. The molecule has 1 aliphatic heterocycles. The number of carbonyl (C=O) groups is 2. The van der Waals surface area contributed by atoms with Gasteiger partial charge in [0.1, 0.15) is 6.04 Å². The van der Waals surface area contributed by atoms with Crippen molar-refractivity contribution >= 4 is 40.5 Å². The van der Waals surface area contributed by atoms with Crippen molar-refractivity contribution in [3.8, 4) is 0 Å². The summed E-state index contributed by atoms with van der Waals surface area (Å²) in [4.78, 5) is 35.0. The maximum absolute atomic E-state index is 13.4. The van der Waals surface area contributed by atoms with E-state index < -0.39 is 6.04 Å². The average Bonchev–Trinajstić information content (AvgIpc) is 3.09. The predicted octanol–water partition coefficient (Wildman–Crippen LogP) is 6.44. The third-order valence-corrected chi connectivity index (χ3v) is 7.31. The van der Waals surface area contributed by atoms with E-state index in [0.717, 1.165) is 35.1 Å². The average molecular weight is 551 g/mol. The van der Waals surface area contributed by atoms with Gasteiger partial charge in [-0.2, -0.15) is 0 Å². The zero-order chi connectivity index (χ0) is 28.1. The molecule has 0 fully saturated rings. The summed E-state index contributed by atoms with van der Waals surface area (Å²) in [5.41, 5.74) is 8.19. The Kier molecular flexibility index (Phi) is 8.37. The Labute approximate surface area is 239 Å². The molecule has 202 valence electrons. The van der Waals surface area contributed by atoms with Crippen molar-refractivity contribution in [1.29, 1.82) is 0 Å². The van der Waals surface area contributed by atoms with E-state index in [4.69, 9.17) is 16.6 Å². The number of aliphatic imine (C=N–C) groups is 1. The first-order chi connectivity index (χ1) is 19.4. The molecule has 0 spiro atoms. The molecule has 3 aromatic carbocycles. The quantitative estimate of drug-likeness (QED) is 0.265. The van der Waals surface area contributed by atoms with Crippen LogP contribution in [0.25, 0.3) is 0 Å². The Hall–Kier alpha value is -4.29. The van der Waals surface area contributed by atoms with Gasteiger partial charge in [-0.3, -0.25) is 19.6 Å². The number of fused-ring (bicyclic) bond motifs is 1. The van der Waals surface area contributed by atoms with Gasteiger partial charge in [-0.25, -0.2) is 0 Å². The number of benzodiazepines with no additional fused rings is 1. The van der Waals surface area contributed by atoms with Crippen LogP contribution in [0.5, 0.6) is 0 Å². The molecule has 2 heterocycles. The number of halogens is 1. The summed E-state index contributed by atoms with van der Waals surface area (Å²) in [6.45, 7) is 4.31. The van der Waals surface area contributed by atoms with Gasteiger partial charge in [-0.05, 0) is 71.5 Å². The number of anilines is 2. The Morgan fingerprint density at radius 3 is 2.48 bits per heavy atom. The molecule has 40 heavy (non-hydrogen) atoms. The topological polar surface area (TPSA) is 83.4 Å². The highest BCUT2D eigenvalue weighted by Crippen LogP contribution is 2.29. The fourth-order valence-corrected chi connectivity index (χ4v) is 5.18. The fourth-order valence-electron chi connectivity index (χ4n) is 5.00. The minimum absolute atomic E-state index is 0.122. The van der Waals surface area contributed by atoms with Crippen molar-refractivity contribution in [2.45, 2.75) is 45.6 Å². The van der Waals surface area contributed by atoms with E-state index in [0.29, 0.717) is 28.5 Å². The highest BCUT2D eigenvalue weighted by Gasteiger charge is 2.26. The molecular weight excluding hydrogens is 520 g/mol. The molecule has 0 saturated carbocycles. The Morgan fingerprint density at radius 1 is 0.950 bits per heavy atom. The van der Waals surface area contributed by atoms with E-state index in [1.807, 2.05) is 42.5 Å². The number of nitrogens with zero attached hydrogens (tertiary/aromatic N) is 2. The number of hydrogen-bond donors (Lipinski definition) is 2. The van der Waals surface area contributed by atoms with Crippen molar-refractivity contribution in [1.82, 2.24) is 4.98 Å². The lowest BCUT2D eigenvalue weighted by atomic mass is 9.96. The van der Waals surface area contributed by atoms with Gasteiger partial charge in [0.2, 0.25) is 11.8 Å². The van der Waals surface area contributed by atoms with Crippen LogP contribution < -0.4 is 10.6 Å². The standard InChI is InChI=1S/C33H31ClN4O2/c1-3-23-8-7-21(16-24(23)4-2)17-30-33(40)38-29-19-26(34)11-14-28(29)32(37-30)25-9-12-27(13-10-25)36-31(39)18-22-6-5-15-35-20-22/h5-16,19-20,30H,3-4,17-18H2,1-2H3,(H,36,39)(H,38,40). The van der Waals surface area contributed by atoms with Crippen molar-refractivity contribution in [3.05, 3.63) is 124 Å². The monoisotopic (exact) mass is 550 g/mol. The smallest absolute Gasteiger partial charge is 0.249 e. The van der Waals surface area contributed by atoms with Gasteiger partial charge in [0.05, 0.1) is 17.8 Å². The van der Waals surface area contributed by atoms with E-state index in [-0.39, 0.29) is 18.2 Å². The summed E-state index contributed by atoms with van der Waals surface area (Å²) in [5, 5.41) is 6.52. The zero-order valence-corrected chi connectivity index (χ0v) is 23.3. The zero-order valence-electron chi connectivity index (χ0n) is 22.6. The summed E-state index contributed by atoms with van der Waals surface area (Å²) >= 11 is 6.29. The Balaban J connectivity index is 1.44. The number of amides is 2. The molecule has 4 aromatic rings. The lowest BCUT2D eigenvalue weighted by Gasteiger charge is -2.14. The maximum atomic E-state index is 13.4. The highest BCUT2D eigenvalue weighted by atomic mass is 35.5.